The molecule has 1 aliphatic heterocycles. The molecule has 5 unspecified atom stereocenters. The number of allylic oxidation sites excluding steroid dienone is 1. The maximum Gasteiger partial charge on any atom is 0.0836 e. The van der Waals surface area contributed by atoms with Crippen molar-refractivity contribution >= 4 is 0 Å². The average molecular weight is 206 g/mol. The van der Waals surface area contributed by atoms with E-state index in [4.69, 9.17) is 4.74 Å². The quantitative estimate of drug-likeness (QED) is 0.596. The summed E-state index contributed by atoms with van der Waals surface area (Å²) >= 11 is 0. The summed E-state index contributed by atoms with van der Waals surface area (Å²) in [5, 5.41) is 0. The third kappa shape index (κ3) is 1.90. The Morgan fingerprint density at radius 3 is 2.80 bits per heavy atom. The lowest BCUT2D eigenvalue weighted by Crippen LogP contribution is -2.46. The molecule has 1 heteroatoms. The van der Waals surface area contributed by atoms with Gasteiger partial charge in [-0.15, -0.1) is 6.58 Å². The zero-order chi connectivity index (χ0) is 11.1. The summed E-state index contributed by atoms with van der Waals surface area (Å²) in [6.45, 7) is 10.6. The van der Waals surface area contributed by atoms with Gasteiger partial charge >= 0.3 is 0 Å². The van der Waals surface area contributed by atoms with Crippen molar-refractivity contribution in [3.63, 3.8) is 0 Å². The number of fused-ring (bicyclic) bond motifs is 1. The van der Waals surface area contributed by atoms with E-state index in [1.165, 1.54) is 6.42 Å². The molecule has 0 spiro atoms. The standard InChI is InChI=1S/C14H22O/c1-5-14(4)9-8-12-7-6-10(2)11(3)13(12)15-14/h5-7,10-13H,1,8-9H2,2-4H3. The second-order valence-electron chi connectivity index (χ2n) is 5.40. The molecule has 15 heavy (non-hydrogen) atoms. The van der Waals surface area contributed by atoms with Crippen LogP contribution in [0.5, 0.6) is 0 Å². The van der Waals surface area contributed by atoms with Gasteiger partial charge < -0.3 is 4.74 Å². The molecule has 5 atom stereocenters. The van der Waals surface area contributed by atoms with E-state index in [0.717, 1.165) is 6.42 Å². The number of hydrogen-bond acceptors (Lipinski definition) is 1. The maximum absolute atomic E-state index is 6.24. The molecule has 2 aliphatic rings. The highest BCUT2D eigenvalue weighted by molar-refractivity contribution is 5.09. The summed E-state index contributed by atoms with van der Waals surface area (Å²) < 4.78 is 6.24. The van der Waals surface area contributed by atoms with Crippen LogP contribution in [-0.4, -0.2) is 11.7 Å². The summed E-state index contributed by atoms with van der Waals surface area (Å²) in [6, 6.07) is 0. The van der Waals surface area contributed by atoms with Gasteiger partial charge in [0.25, 0.3) is 0 Å². The Kier molecular flexibility index (Phi) is 2.76. The summed E-state index contributed by atoms with van der Waals surface area (Å²) in [6.07, 6.45) is 9.41. The number of rotatable bonds is 1. The summed E-state index contributed by atoms with van der Waals surface area (Å²) in [7, 11) is 0. The van der Waals surface area contributed by atoms with Crippen molar-refractivity contribution < 1.29 is 4.74 Å². The van der Waals surface area contributed by atoms with Crippen LogP contribution in [0.3, 0.4) is 0 Å². The van der Waals surface area contributed by atoms with Gasteiger partial charge in [0, 0.05) is 5.92 Å². The molecule has 2 rings (SSSR count). The molecule has 1 aliphatic carbocycles. The minimum absolute atomic E-state index is 0.0969. The molecule has 84 valence electrons. The molecule has 0 bridgehead atoms. The van der Waals surface area contributed by atoms with Crippen molar-refractivity contribution in [2.45, 2.75) is 45.3 Å². The molecule has 1 heterocycles. The maximum atomic E-state index is 6.24. The van der Waals surface area contributed by atoms with E-state index in [1.54, 1.807) is 0 Å². The fraction of sp³-hybridized carbons (Fsp3) is 0.714. The monoisotopic (exact) mass is 206 g/mol. The predicted molar refractivity (Wildman–Crippen MR) is 63.7 cm³/mol. The van der Waals surface area contributed by atoms with Crippen molar-refractivity contribution in [2.75, 3.05) is 0 Å². The van der Waals surface area contributed by atoms with Crippen LogP contribution < -0.4 is 0 Å². The highest BCUT2D eigenvalue weighted by Gasteiger charge is 2.41. The first-order valence-corrected chi connectivity index (χ1v) is 6.05. The number of ether oxygens (including phenoxy) is 1. The largest absolute Gasteiger partial charge is 0.367 e. The second-order valence-corrected chi connectivity index (χ2v) is 5.40. The molecule has 0 N–H and O–H groups in total. The molecular weight excluding hydrogens is 184 g/mol. The minimum Gasteiger partial charge on any atom is -0.367 e. The van der Waals surface area contributed by atoms with E-state index in [2.05, 4.69) is 39.5 Å². The lowest BCUT2D eigenvalue weighted by molar-refractivity contribution is -0.137. The summed E-state index contributed by atoms with van der Waals surface area (Å²) in [5.74, 6) is 1.89. The third-order valence-electron chi connectivity index (χ3n) is 4.24. The van der Waals surface area contributed by atoms with Crippen molar-refractivity contribution in [3.8, 4) is 0 Å². The van der Waals surface area contributed by atoms with Crippen LogP contribution in [0, 0.1) is 17.8 Å². The van der Waals surface area contributed by atoms with Crippen LogP contribution in [0.2, 0.25) is 0 Å². The summed E-state index contributed by atoms with van der Waals surface area (Å²) in [5.41, 5.74) is -0.0969. The molecule has 1 saturated heterocycles. The van der Waals surface area contributed by atoms with Crippen LogP contribution in [-0.2, 0) is 4.74 Å². The Morgan fingerprint density at radius 1 is 1.40 bits per heavy atom. The Labute approximate surface area is 93.2 Å². The van der Waals surface area contributed by atoms with Gasteiger partial charge in [-0.05, 0) is 31.6 Å². The second kappa shape index (κ2) is 3.79. The van der Waals surface area contributed by atoms with E-state index in [1.807, 2.05) is 6.08 Å². The molecule has 1 fully saturated rings. The molecule has 0 radical (unpaired) electrons. The molecule has 0 aromatic heterocycles. The van der Waals surface area contributed by atoms with Gasteiger partial charge in [0.15, 0.2) is 0 Å². The van der Waals surface area contributed by atoms with Gasteiger partial charge in [-0.25, -0.2) is 0 Å². The molecule has 0 saturated carbocycles. The smallest absolute Gasteiger partial charge is 0.0836 e. The molecular formula is C14H22O. The van der Waals surface area contributed by atoms with Crippen LogP contribution >= 0.6 is 0 Å². The van der Waals surface area contributed by atoms with Crippen molar-refractivity contribution in [1.29, 1.82) is 0 Å². The minimum atomic E-state index is -0.0969. The van der Waals surface area contributed by atoms with Crippen LogP contribution in [0.4, 0.5) is 0 Å². The van der Waals surface area contributed by atoms with Crippen LogP contribution in [0.15, 0.2) is 24.8 Å². The van der Waals surface area contributed by atoms with E-state index in [9.17, 15) is 0 Å². The molecule has 0 aromatic carbocycles. The normalized spacial score (nSPS) is 49.8. The SMILES string of the molecule is C=CC1(C)CCC2C=CC(C)C(C)C2O1. The van der Waals surface area contributed by atoms with Gasteiger partial charge in [-0.1, -0.05) is 32.1 Å². The predicted octanol–water partition coefficient (Wildman–Crippen LogP) is 3.57. The molecule has 0 aromatic rings. The summed E-state index contributed by atoms with van der Waals surface area (Å²) in [4.78, 5) is 0. The first-order valence-electron chi connectivity index (χ1n) is 6.05. The topological polar surface area (TPSA) is 9.23 Å². The van der Waals surface area contributed by atoms with E-state index in [0.29, 0.717) is 23.9 Å². The third-order valence-corrected chi connectivity index (χ3v) is 4.24. The first kappa shape index (κ1) is 10.9. The van der Waals surface area contributed by atoms with Gasteiger partial charge in [0.05, 0.1) is 11.7 Å². The van der Waals surface area contributed by atoms with Gasteiger partial charge in [0.1, 0.15) is 0 Å². The first-order chi connectivity index (χ1) is 7.06. The Balaban J connectivity index is 2.18. The van der Waals surface area contributed by atoms with Crippen LogP contribution in [0.25, 0.3) is 0 Å². The fourth-order valence-corrected chi connectivity index (χ4v) is 2.72. The fourth-order valence-electron chi connectivity index (χ4n) is 2.72. The lowest BCUT2D eigenvalue weighted by Gasteiger charge is -2.46. The van der Waals surface area contributed by atoms with Gasteiger partial charge in [-0.2, -0.15) is 0 Å². The average Bonchev–Trinajstić information content (AvgIpc) is 2.25. The zero-order valence-corrected chi connectivity index (χ0v) is 10.1. The molecule has 1 nitrogen and oxygen atoms in total. The highest BCUT2D eigenvalue weighted by atomic mass is 16.5. The van der Waals surface area contributed by atoms with E-state index >= 15 is 0 Å². The van der Waals surface area contributed by atoms with Gasteiger partial charge in [-0.3, -0.25) is 0 Å². The van der Waals surface area contributed by atoms with E-state index in [-0.39, 0.29) is 5.60 Å². The zero-order valence-electron chi connectivity index (χ0n) is 10.1. The van der Waals surface area contributed by atoms with Crippen molar-refractivity contribution in [1.82, 2.24) is 0 Å². The Bertz CT molecular complexity index is 281. The Hall–Kier alpha value is -0.560. The number of hydrogen-bond donors (Lipinski definition) is 0. The van der Waals surface area contributed by atoms with Crippen LogP contribution in [0.1, 0.15) is 33.6 Å². The van der Waals surface area contributed by atoms with Crippen molar-refractivity contribution in [2.24, 2.45) is 17.8 Å². The lowest BCUT2D eigenvalue weighted by atomic mass is 9.73. The molecule has 0 amide bonds. The van der Waals surface area contributed by atoms with Gasteiger partial charge in [0.2, 0.25) is 0 Å². The Morgan fingerprint density at radius 2 is 2.13 bits per heavy atom. The van der Waals surface area contributed by atoms with E-state index < -0.39 is 0 Å². The van der Waals surface area contributed by atoms with Crippen molar-refractivity contribution in [3.05, 3.63) is 24.8 Å². The highest BCUT2D eigenvalue weighted by Crippen LogP contribution is 2.41.